The summed E-state index contributed by atoms with van der Waals surface area (Å²) < 4.78 is 13.6. The quantitative estimate of drug-likeness (QED) is 0.786. The topological polar surface area (TPSA) is 26.0 Å². The van der Waals surface area contributed by atoms with Crippen LogP contribution in [-0.2, 0) is 6.42 Å². The number of rotatable bonds is 2. The molecule has 2 N–H and O–H groups in total. The Bertz CT molecular complexity index is 394. The largest absolute Gasteiger partial charge is 0.324 e. The predicted molar refractivity (Wildman–Crippen MR) is 65.0 cm³/mol. The van der Waals surface area contributed by atoms with Gasteiger partial charge in [-0.25, -0.2) is 4.39 Å². The molecule has 0 saturated carbocycles. The molecule has 1 aliphatic carbocycles. The van der Waals surface area contributed by atoms with Crippen LogP contribution in [0, 0.1) is 5.82 Å². The van der Waals surface area contributed by atoms with E-state index in [1.165, 1.54) is 11.6 Å². The Balaban J connectivity index is 2.20. The van der Waals surface area contributed by atoms with Crippen LogP contribution in [0.5, 0.6) is 0 Å². The third kappa shape index (κ3) is 2.63. The molecule has 0 heterocycles. The highest BCUT2D eigenvalue weighted by Crippen LogP contribution is 2.26. The standard InChI is InChI=1S/C13H15ClFN/c14-12-5-2-6-13(15)11(12)8-9-3-1-4-10(16)7-9/h2,5-7,10H,1,3-4,8,16H2. The summed E-state index contributed by atoms with van der Waals surface area (Å²) in [5.74, 6) is -0.229. The summed E-state index contributed by atoms with van der Waals surface area (Å²) in [5.41, 5.74) is 7.64. The van der Waals surface area contributed by atoms with Crippen molar-refractivity contribution in [1.82, 2.24) is 0 Å². The van der Waals surface area contributed by atoms with E-state index in [0.29, 0.717) is 17.0 Å². The van der Waals surface area contributed by atoms with Gasteiger partial charge in [-0.2, -0.15) is 0 Å². The molecule has 0 radical (unpaired) electrons. The lowest BCUT2D eigenvalue weighted by Gasteiger charge is -2.18. The molecule has 0 aromatic heterocycles. The first kappa shape index (κ1) is 11.6. The molecule has 0 amide bonds. The van der Waals surface area contributed by atoms with Gasteiger partial charge in [0, 0.05) is 16.6 Å². The van der Waals surface area contributed by atoms with Crippen molar-refractivity contribution in [3.05, 3.63) is 46.3 Å². The summed E-state index contributed by atoms with van der Waals surface area (Å²) in [6, 6.07) is 4.92. The first-order valence-corrected chi connectivity index (χ1v) is 5.92. The number of nitrogens with two attached hydrogens (primary N) is 1. The maximum absolute atomic E-state index is 13.6. The molecule has 0 saturated heterocycles. The molecule has 0 aliphatic heterocycles. The van der Waals surface area contributed by atoms with E-state index in [1.807, 2.05) is 6.08 Å². The van der Waals surface area contributed by atoms with E-state index in [9.17, 15) is 4.39 Å². The molecule has 86 valence electrons. The Morgan fingerprint density at radius 1 is 1.44 bits per heavy atom. The molecule has 0 fully saturated rings. The molecular weight excluding hydrogens is 225 g/mol. The zero-order valence-corrected chi connectivity index (χ0v) is 9.80. The average Bonchev–Trinajstić information content (AvgIpc) is 2.24. The molecule has 1 aromatic carbocycles. The van der Waals surface area contributed by atoms with Crippen LogP contribution in [0.25, 0.3) is 0 Å². The van der Waals surface area contributed by atoms with Gasteiger partial charge in [-0.1, -0.05) is 29.3 Å². The molecule has 1 aromatic rings. The van der Waals surface area contributed by atoms with E-state index in [2.05, 4.69) is 0 Å². The maximum Gasteiger partial charge on any atom is 0.128 e. The van der Waals surface area contributed by atoms with E-state index in [1.54, 1.807) is 12.1 Å². The zero-order valence-electron chi connectivity index (χ0n) is 9.05. The first-order chi connectivity index (χ1) is 7.66. The van der Waals surface area contributed by atoms with Crippen LogP contribution in [0.4, 0.5) is 4.39 Å². The predicted octanol–water partition coefficient (Wildman–Crippen LogP) is 3.46. The molecule has 0 bridgehead atoms. The summed E-state index contributed by atoms with van der Waals surface area (Å²) in [6.45, 7) is 0. The summed E-state index contributed by atoms with van der Waals surface area (Å²) in [5, 5.41) is 0.500. The molecule has 2 rings (SSSR count). The third-order valence-corrected chi connectivity index (χ3v) is 3.30. The van der Waals surface area contributed by atoms with E-state index in [0.717, 1.165) is 19.3 Å². The Morgan fingerprint density at radius 2 is 2.25 bits per heavy atom. The van der Waals surface area contributed by atoms with Gasteiger partial charge in [0.2, 0.25) is 0 Å². The Kier molecular flexibility index (Phi) is 3.62. The van der Waals surface area contributed by atoms with Gasteiger partial charge in [-0.05, 0) is 37.8 Å². The molecule has 3 heteroatoms. The van der Waals surface area contributed by atoms with Crippen molar-refractivity contribution < 1.29 is 4.39 Å². The number of hydrogen-bond donors (Lipinski definition) is 1. The fourth-order valence-corrected chi connectivity index (χ4v) is 2.34. The van der Waals surface area contributed by atoms with Gasteiger partial charge >= 0.3 is 0 Å². The van der Waals surface area contributed by atoms with Crippen LogP contribution in [0.2, 0.25) is 5.02 Å². The van der Waals surface area contributed by atoms with Crippen molar-refractivity contribution in [2.24, 2.45) is 5.73 Å². The molecule has 16 heavy (non-hydrogen) atoms. The lowest BCUT2D eigenvalue weighted by atomic mass is 9.92. The second-order valence-corrected chi connectivity index (χ2v) is 4.67. The third-order valence-electron chi connectivity index (χ3n) is 2.95. The average molecular weight is 240 g/mol. The molecule has 1 nitrogen and oxygen atoms in total. The van der Waals surface area contributed by atoms with Gasteiger partial charge < -0.3 is 5.73 Å². The van der Waals surface area contributed by atoms with Crippen LogP contribution >= 0.6 is 11.6 Å². The van der Waals surface area contributed by atoms with Gasteiger partial charge in [-0.15, -0.1) is 0 Å². The highest BCUT2D eigenvalue weighted by atomic mass is 35.5. The summed E-state index contributed by atoms with van der Waals surface area (Å²) in [7, 11) is 0. The number of allylic oxidation sites excluding steroid dienone is 1. The van der Waals surface area contributed by atoms with Gasteiger partial charge in [-0.3, -0.25) is 0 Å². The van der Waals surface area contributed by atoms with Crippen LogP contribution in [0.15, 0.2) is 29.8 Å². The lowest BCUT2D eigenvalue weighted by Crippen LogP contribution is -2.21. The smallest absolute Gasteiger partial charge is 0.128 e. The second kappa shape index (κ2) is 4.98. The van der Waals surface area contributed by atoms with Crippen molar-refractivity contribution in [2.45, 2.75) is 31.7 Å². The minimum atomic E-state index is -0.229. The summed E-state index contributed by atoms with van der Waals surface area (Å²) in [6.07, 6.45) is 5.73. The minimum absolute atomic E-state index is 0.120. The highest BCUT2D eigenvalue weighted by molar-refractivity contribution is 6.31. The van der Waals surface area contributed by atoms with Gasteiger partial charge in [0.1, 0.15) is 5.82 Å². The SMILES string of the molecule is NC1C=C(Cc2c(F)cccc2Cl)CCC1. The van der Waals surface area contributed by atoms with Gasteiger partial charge in [0.15, 0.2) is 0 Å². The Labute approximate surface area is 100 Å². The van der Waals surface area contributed by atoms with Crippen molar-refractivity contribution >= 4 is 11.6 Å². The fraction of sp³-hybridized carbons (Fsp3) is 0.385. The molecule has 1 aliphatic rings. The van der Waals surface area contributed by atoms with Crippen molar-refractivity contribution in [3.63, 3.8) is 0 Å². The first-order valence-electron chi connectivity index (χ1n) is 5.55. The fourth-order valence-electron chi connectivity index (χ4n) is 2.11. The Morgan fingerprint density at radius 3 is 2.94 bits per heavy atom. The summed E-state index contributed by atoms with van der Waals surface area (Å²) >= 11 is 5.99. The number of hydrogen-bond acceptors (Lipinski definition) is 1. The molecule has 1 unspecified atom stereocenters. The van der Waals surface area contributed by atoms with E-state index in [-0.39, 0.29) is 11.9 Å². The normalized spacial score (nSPS) is 20.7. The molecule has 0 spiro atoms. The molecule has 1 atom stereocenters. The molecular formula is C13H15ClFN. The lowest BCUT2D eigenvalue weighted by molar-refractivity contribution is 0.596. The highest BCUT2D eigenvalue weighted by Gasteiger charge is 2.13. The van der Waals surface area contributed by atoms with Crippen molar-refractivity contribution in [3.8, 4) is 0 Å². The maximum atomic E-state index is 13.6. The van der Waals surface area contributed by atoms with Gasteiger partial charge in [0.05, 0.1) is 0 Å². The monoisotopic (exact) mass is 239 g/mol. The van der Waals surface area contributed by atoms with Crippen LogP contribution in [0.3, 0.4) is 0 Å². The second-order valence-electron chi connectivity index (χ2n) is 4.26. The number of benzene rings is 1. The van der Waals surface area contributed by atoms with Crippen LogP contribution in [-0.4, -0.2) is 6.04 Å². The van der Waals surface area contributed by atoms with Crippen LogP contribution in [0.1, 0.15) is 24.8 Å². The van der Waals surface area contributed by atoms with Crippen LogP contribution < -0.4 is 5.73 Å². The van der Waals surface area contributed by atoms with E-state index >= 15 is 0 Å². The summed E-state index contributed by atoms with van der Waals surface area (Å²) in [4.78, 5) is 0. The van der Waals surface area contributed by atoms with E-state index < -0.39 is 0 Å². The van der Waals surface area contributed by atoms with Crippen molar-refractivity contribution in [2.75, 3.05) is 0 Å². The Hall–Kier alpha value is -0.860. The van der Waals surface area contributed by atoms with Crippen molar-refractivity contribution in [1.29, 1.82) is 0 Å². The zero-order chi connectivity index (χ0) is 11.5. The van der Waals surface area contributed by atoms with Gasteiger partial charge in [0.25, 0.3) is 0 Å². The minimum Gasteiger partial charge on any atom is -0.324 e. The van der Waals surface area contributed by atoms with E-state index in [4.69, 9.17) is 17.3 Å². The number of halogens is 2.